The van der Waals surface area contributed by atoms with Gasteiger partial charge in [0.25, 0.3) is 5.91 Å². The summed E-state index contributed by atoms with van der Waals surface area (Å²) in [5.41, 5.74) is -0.772. The maximum Gasteiger partial charge on any atom is 0.327 e. The molecule has 0 atom stereocenters. The monoisotopic (exact) mass is 353 g/mol. The number of nitro benzene ring substituents is 1. The highest BCUT2D eigenvalue weighted by Crippen LogP contribution is 2.46. The molecule has 10 heteroatoms. The highest BCUT2D eigenvalue weighted by atomic mass is 32.1. The molecule has 0 N–H and O–H groups in total. The minimum Gasteiger partial charge on any atom is -0.493 e. The van der Waals surface area contributed by atoms with E-state index >= 15 is 0 Å². The zero-order chi connectivity index (χ0) is 17.9. The summed E-state index contributed by atoms with van der Waals surface area (Å²) in [5, 5.41) is 13.2. The Kier molecular flexibility index (Phi) is 5.19. The van der Waals surface area contributed by atoms with Crippen molar-refractivity contribution in [3.63, 3.8) is 0 Å². The van der Waals surface area contributed by atoms with Crippen molar-refractivity contribution < 1.29 is 23.9 Å². The Bertz CT molecular complexity index is 855. The molecule has 0 fully saturated rings. The molecule has 128 valence electrons. The maximum atomic E-state index is 12.5. The number of nitrogens with zero attached hydrogens (tertiary/aromatic N) is 3. The number of carbonyl (C=O) groups is 1. The van der Waals surface area contributed by atoms with Gasteiger partial charge in [0, 0.05) is 24.7 Å². The second-order valence-corrected chi connectivity index (χ2v) is 5.39. The maximum absolute atomic E-state index is 12.5. The van der Waals surface area contributed by atoms with Crippen LogP contribution in [0.15, 0.2) is 22.6 Å². The number of aromatic nitrogens is 1. The van der Waals surface area contributed by atoms with Crippen LogP contribution in [0.4, 0.5) is 5.69 Å². The molecule has 0 aliphatic heterocycles. The standard InChI is InChI=1S/C14H15N3O6S/c1-16-5-6-24-14(16)15-13(18)8-7-9(21-2)11(22-3)12(23-4)10(8)17(19)20/h5-7H,1-4H3. The fraction of sp³-hybridized carbons (Fsp3) is 0.286. The second kappa shape index (κ2) is 7.13. The first-order valence-corrected chi connectivity index (χ1v) is 7.49. The van der Waals surface area contributed by atoms with Crippen molar-refractivity contribution >= 4 is 22.9 Å². The summed E-state index contributed by atoms with van der Waals surface area (Å²) in [6, 6.07) is 1.22. The average molecular weight is 353 g/mol. The van der Waals surface area contributed by atoms with Crippen LogP contribution >= 0.6 is 11.3 Å². The third kappa shape index (κ3) is 3.08. The summed E-state index contributed by atoms with van der Waals surface area (Å²) in [6.07, 6.45) is 1.72. The minimum atomic E-state index is -0.779. The first-order valence-electron chi connectivity index (χ1n) is 6.61. The van der Waals surface area contributed by atoms with Crippen molar-refractivity contribution in [1.82, 2.24) is 4.57 Å². The van der Waals surface area contributed by atoms with Crippen LogP contribution in [-0.2, 0) is 7.05 Å². The van der Waals surface area contributed by atoms with Gasteiger partial charge in [-0.15, -0.1) is 11.3 Å². The van der Waals surface area contributed by atoms with Gasteiger partial charge < -0.3 is 18.8 Å². The first kappa shape index (κ1) is 17.5. The van der Waals surface area contributed by atoms with Gasteiger partial charge in [0.15, 0.2) is 10.6 Å². The molecule has 2 aromatic rings. The number of ether oxygens (including phenoxy) is 3. The Morgan fingerprint density at radius 2 is 1.92 bits per heavy atom. The lowest BCUT2D eigenvalue weighted by Crippen LogP contribution is -2.14. The molecule has 24 heavy (non-hydrogen) atoms. The zero-order valence-corrected chi connectivity index (χ0v) is 14.2. The summed E-state index contributed by atoms with van der Waals surface area (Å²) < 4.78 is 17.0. The molecular weight excluding hydrogens is 338 g/mol. The van der Waals surface area contributed by atoms with Gasteiger partial charge in [-0.25, -0.2) is 0 Å². The van der Waals surface area contributed by atoms with Crippen LogP contribution in [0.3, 0.4) is 0 Å². The van der Waals surface area contributed by atoms with Crippen molar-refractivity contribution in [2.45, 2.75) is 0 Å². The first-order chi connectivity index (χ1) is 11.4. The molecular formula is C14H15N3O6S. The number of hydrogen-bond acceptors (Lipinski definition) is 7. The van der Waals surface area contributed by atoms with Crippen molar-refractivity contribution in [2.75, 3.05) is 21.3 Å². The van der Waals surface area contributed by atoms with Crippen LogP contribution in [-0.4, -0.2) is 36.7 Å². The molecule has 0 radical (unpaired) electrons. The van der Waals surface area contributed by atoms with Gasteiger partial charge in [-0.05, 0) is 0 Å². The summed E-state index contributed by atoms with van der Waals surface area (Å²) in [5.74, 6) is -0.811. The number of aryl methyl sites for hydroxylation is 1. The van der Waals surface area contributed by atoms with Gasteiger partial charge in [0.2, 0.25) is 11.5 Å². The molecule has 2 rings (SSSR count). The lowest BCUT2D eigenvalue weighted by molar-refractivity contribution is -0.386. The minimum absolute atomic E-state index is 0.0323. The lowest BCUT2D eigenvalue weighted by Gasteiger charge is -2.13. The molecule has 1 heterocycles. The average Bonchev–Trinajstić information content (AvgIpc) is 2.97. The second-order valence-electron chi connectivity index (χ2n) is 4.51. The van der Waals surface area contributed by atoms with Gasteiger partial charge in [0.05, 0.1) is 26.3 Å². The summed E-state index contributed by atoms with van der Waals surface area (Å²) >= 11 is 1.23. The van der Waals surface area contributed by atoms with Crippen LogP contribution in [0, 0.1) is 10.1 Å². The molecule has 1 aromatic heterocycles. The van der Waals surface area contributed by atoms with E-state index in [2.05, 4.69) is 4.99 Å². The van der Waals surface area contributed by atoms with E-state index in [1.165, 1.54) is 38.7 Å². The van der Waals surface area contributed by atoms with E-state index in [9.17, 15) is 14.9 Å². The topological polar surface area (TPSA) is 105 Å². The van der Waals surface area contributed by atoms with Crippen molar-refractivity contribution in [1.29, 1.82) is 0 Å². The van der Waals surface area contributed by atoms with Crippen LogP contribution in [0.25, 0.3) is 0 Å². The van der Waals surface area contributed by atoms with E-state index in [1.807, 2.05) is 0 Å². The predicted octanol–water partition coefficient (Wildman–Crippen LogP) is 1.76. The molecule has 0 aliphatic rings. The van der Waals surface area contributed by atoms with E-state index in [0.717, 1.165) is 0 Å². The van der Waals surface area contributed by atoms with E-state index in [-0.39, 0.29) is 22.8 Å². The third-order valence-corrected chi connectivity index (χ3v) is 4.02. The smallest absolute Gasteiger partial charge is 0.327 e. The summed E-state index contributed by atoms with van der Waals surface area (Å²) in [4.78, 5) is 27.6. The number of methoxy groups -OCH3 is 3. The van der Waals surface area contributed by atoms with Gasteiger partial charge in [-0.2, -0.15) is 4.99 Å². The number of carbonyl (C=O) groups excluding carboxylic acids is 1. The fourth-order valence-electron chi connectivity index (χ4n) is 2.07. The molecule has 0 bridgehead atoms. The number of amides is 1. The van der Waals surface area contributed by atoms with Gasteiger partial charge in [-0.1, -0.05) is 0 Å². The van der Waals surface area contributed by atoms with Crippen LogP contribution in [0.2, 0.25) is 0 Å². The van der Waals surface area contributed by atoms with Crippen LogP contribution in [0.1, 0.15) is 10.4 Å². The van der Waals surface area contributed by atoms with Crippen LogP contribution < -0.4 is 19.0 Å². The Labute approximate surface area is 140 Å². The Hall–Kier alpha value is -2.88. The third-order valence-electron chi connectivity index (χ3n) is 3.17. The quantitative estimate of drug-likeness (QED) is 0.599. The number of benzene rings is 1. The van der Waals surface area contributed by atoms with Crippen molar-refractivity contribution in [3.05, 3.63) is 38.1 Å². The lowest BCUT2D eigenvalue weighted by atomic mass is 10.1. The normalized spacial score (nSPS) is 11.2. The summed E-state index contributed by atoms with van der Waals surface area (Å²) in [7, 11) is 5.64. The largest absolute Gasteiger partial charge is 0.493 e. The van der Waals surface area contributed by atoms with Gasteiger partial charge in [0.1, 0.15) is 5.56 Å². The Morgan fingerprint density at radius 3 is 2.38 bits per heavy atom. The van der Waals surface area contributed by atoms with E-state index in [0.29, 0.717) is 4.80 Å². The number of hydrogen-bond donors (Lipinski definition) is 0. The van der Waals surface area contributed by atoms with E-state index in [4.69, 9.17) is 14.2 Å². The summed E-state index contributed by atoms with van der Waals surface area (Å²) in [6.45, 7) is 0. The Balaban J connectivity index is 2.75. The highest BCUT2D eigenvalue weighted by molar-refractivity contribution is 7.07. The molecule has 9 nitrogen and oxygen atoms in total. The molecule has 0 saturated heterocycles. The highest BCUT2D eigenvalue weighted by Gasteiger charge is 2.32. The van der Waals surface area contributed by atoms with E-state index in [1.54, 1.807) is 23.2 Å². The van der Waals surface area contributed by atoms with Crippen molar-refractivity contribution in [3.8, 4) is 17.2 Å². The SMILES string of the molecule is COc1cc(C(=O)N=c2sccn2C)c([N+](=O)[O-])c(OC)c1OC. The van der Waals surface area contributed by atoms with Gasteiger partial charge in [-0.3, -0.25) is 14.9 Å². The number of thiazole rings is 1. The number of rotatable bonds is 5. The molecule has 0 unspecified atom stereocenters. The van der Waals surface area contributed by atoms with Crippen LogP contribution in [0.5, 0.6) is 17.2 Å². The van der Waals surface area contributed by atoms with Gasteiger partial charge >= 0.3 is 5.69 Å². The zero-order valence-electron chi connectivity index (χ0n) is 13.4. The molecule has 0 saturated carbocycles. The Morgan fingerprint density at radius 1 is 1.25 bits per heavy atom. The molecule has 1 amide bonds. The predicted molar refractivity (Wildman–Crippen MR) is 85.9 cm³/mol. The fourth-order valence-corrected chi connectivity index (χ4v) is 2.79. The van der Waals surface area contributed by atoms with E-state index < -0.39 is 16.5 Å². The van der Waals surface area contributed by atoms with Crippen molar-refractivity contribution in [2.24, 2.45) is 12.0 Å². The molecule has 0 spiro atoms. The molecule has 0 aliphatic carbocycles. The number of nitro groups is 1. The molecule has 1 aromatic carbocycles.